The van der Waals surface area contributed by atoms with Gasteiger partial charge < -0.3 is 20.6 Å². The molecular formula is C56H91N3O10. The van der Waals surface area contributed by atoms with Crippen LogP contribution >= 0.6 is 0 Å². The molecule has 6 fully saturated rings. The van der Waals surface area contributed by atoms with E-state index in [0.717, 1.165) is 96.3 Å². The lowest BCUT2D eigenvalue weighted by Gasteiger charge is -2.32. The second kappa shape index (κ2) is 27.3. The van der Waals surface area contributed by atoms with Crippen molar-refractivity contribution in [3.05, 3.63) is 0 Å². The van der Waals surface area contributed by atoms with Gasteiger partial charge in [0.2, 0.25) is 23.4 Å². The van der Waals surface area contributed by atoms with Gasteiger partial charge in [-0.1, -0.05) is 151 Å². The molecule has 2 amide bonds. The maximum atomic E-state index is 13.7. The van der Waals surface area contributed by atoms with Crippen LogP contribution in [0.1, 0.15) is 215 Å². The van der Waals surface area contributed by atoms with Gasteiger partial charge in [-0.05, 0) is 73.0 Å². The topological polar surface area (TPSA) is 206 Å². The first kappa shape index (κ1) is 58.0. The fourth-order valence-corrected chi connectivity index (χ4v) is 12.6. The molecule has 0 aromatic rings. The summed E-state index contributed by atoms with van der Waals surface area (Å²) in [5.74, 6) is -1.61. The maximum Gasteiger partial charge on any atom is 0.290 e. The number of carboxylic acid groups (broad SMARTS) is 1. The molecule has 0 bridgehead atoms. The van der Waals surface area contributed by atoms with E-state index >= 15 is 0 Å². The summed E-state index contributed by atoms with van der Waals surface area (Å²) in [5, 5.41) is 6.89. The molecule has 0 aromatic heterocycles. The van der Waals surface area contributed by atoms with Crippen LogP contribution in [0.25, 0.3) is 0 Å². The number of unbranched alkanes of at least 4 members (excludes halogenated alkanes) is 2. The highest BCUT2D eigenvalue weighted by molar-refractivity contribution is 6.38. The Morgan fingerprint density at radius 2 is 0.913 bits per heavy atom. The van der Waals surface area contributed by atoms with Crippen LogP contribution in [0.4, 0.5) is 0 Å². The summed E-state index contributed by atoms with van der Waals surface area (Å²) in [5.41, 5.74) is 6.37. The van der Waals surface area contributed by atoms with Crippen molar-refractivity contribution in [1.82, 2.24) is 9.80 Å². The molecule has 13 nitrogen and oxygen atoms in total. The predicted octanol–water partition coefficient (Wildman–Crippen LogP) is 9.46. The average Bonchev–Trinajstić information content (AvgIpc) is 3.76. The van der Waals surface area contributed by atoms with Gasteiger partial charge in [0, 0.05) is 56.5 Å². The standard InChI is InChI=1S/C28H45NO4.C27H44N2O4.CH2O2/c1-5-6-16-22(30)26(32)20-15-13-11-9-7-8-10-12-14-19(2)27(33)29-18-21-24(28(21,3)4)25(29)23(31)17-20;1-4-5-15-21(30)25(32)18-13-11-9-7-6-8-10-12-14-20(28)26(33)29-17-19-23(27(19,2)3)24(29)22(31)16-18;2-1-3/h19-21,24-25H,5-18H2,1-4H3;18-20,23-24H,4-17,28H2,1-3H3;1H,(H,2,3)/t19-,20+,21-,24-,25+;18-,19+,20+,23+,24-;/m01./s1. The second-order valence-electron chi connectivity index (χ2n) is 23.0. The van der Waals surface area contributed by atoms with Crippen molar-refractivity contribution in [2.75, 3.05) is 13.1 Å². The van der Waals surface area contributed by atoms with Gasteiger partial charge in [-0.3, -0.25) is 43.2 Å². The van der Waals surface area contributed by atoms with E-state index in [1.807, 2.05) is 25.7 Å². The number of Topliss-reactive ketones (excluding diaryl/α,β-unsaturated/α-hetero) is 6. The molecule has 0 aromatic carbocycles. The Kier molecular flexibility index (Phi) is 22.9. The molecule has 0 unspecified atom stereocenters. The summed E-state index contributed by atoms with van der Waals surface area (Å²) in [4.78, 5) is 117. The molecule has 13 heteroatoms. The van der Waals surface area contributed by atoms with Gasteiger partial charge in [0.25, 0.3) is 6.47 Å². The Balaban J connectivity index is 0.000000284. The molecule has 10 atom stereocenters. The van der Waals surface area contributed by atoms with Crippen molar-refractivity contribution < 1.29 is 48.3 Å². The summed E-state index contributed by atoms with van der Waals surface area (Å²) in [6.07, 6.45) is 21.4. The number of ketones is 6. The van der Waals surface area contributed by atoms with Gasteiger partial charge in [-0.2, -0.15) is 0 Å². The first-order chi connectivity index (χ1) is 32.8. The molecule has 4 aliphatic heterocycles. The Hall–Kier alpha value is -3.61. The van der Waals surface area contributed by atoms with Gasteiger partial charge in [-0.25, -0.2) is 0 Å². The van der Waals surface area contributed by atoms with Crippen LogP contribution in [0.3, 0.4) is 0 Å². The third-order valence-electron chi connectivity index (χ3n) is 17.3. The predicted molar refractivity (Wildman–Crippen MR) is 267 cm³/mol. The van der Waals surface area contributed by atoms with Gasteiger partial charge >= 0.3 is 0 Å². The number of nitrogens with two attached hydrogens (primary N) is 1. The van der Waals surface area contributed by atoms with Crippen molar-refractivity contribution in [2.24, 2.45) is 58.0 Å². The number of amides is 2. The van der Waals surface area contributed by atoms with Crippen molar-refractivity contribution in [1.29, 1.82) is 0 Å². The second-order valence-corrected chi connectivity index (χ2v) is 23.0. The van der Waals surface area contributed by atoms with Crippen molar-refractivity contribution >= 4 is 53.0 Å². The van der Waals surface area contributed by atoms with Crippen LogP contribution in [-0.2, 0) is 43.2 Å². The minimum atomic E-state index is -0.568. The van der Waals surface area contributed by atoms with Gasteiger partial charge in [0.15, 0.2) is 23.1 Å². The zero-order chi connectivity index (χ0) is 51.1. The number of carbonyl (C=O) groups excluding carboxylic acids is 8. The van der Waals surface area contributed by atoms with Crippen LogP contribution in [0.5, 0.6) is 0 Å². The van der Waals surface area contributed by atoms with E-state index < -0.39 is 30.0 Å². The smallest absolute Gasteiger partial charge is 0.290 e. The summed E-state index contributed by atoms with van der Waals surface area (Å²) < 4.78 is 0. The fourth-order valence-electron chi connectivity index (χ4n) is 12.6. The number of nitrogens with zero attached hydrogens (tertiary/aromatic N) is 2. The van der Waals surface area contributed by atoms with Crippen LogP contribution in [-0.4, -0.2) is 99.1 Å². The molecule has 3 N–H and O–H groups in total. The van der Waals surface area contributed by atoms with E-state index in [-0.39, 0.29) is 107 Å². The maximum absolute atomic E-state index is 13.7. The molecule has 0 spiro atoms. The third kappa shape index (κ3) is 15.2. The highest BCUT2D eigenvalue weighted by Gasteiger charge is 2.70. The Labute approximate surface area is 414 Å². The first-order valence-electron chi connectivity index (χ1n) is 27.4. The van der Waals surface area contributed by atoms with E-state index in [1.54, 1.807) is 4.90 Å². The van der Waals surface area contributed by atoms with E-state index in [2.05, 4.69) is 27.7 Å². The molecule has 6 aliphatic rings. The van der Waals surface area contributed by atoms with Gasteiger partial charge in [-0.15, -0.1) is 0 Å². The van der Waals surface area contributed by atoms with Crippen LogP contribution in [0, 0.1) is 52.3 Å². The molecule has 4 heterocycles. The normalized spacial score (nSPS) is 32.1. The number of hydrogen-bond acceptors (Lipinski definition) is 10. The van der Waals surface area contributed by atoms with Crippen molar-refractivity contribution in [3.63, 3.8) is 0 Å². The monoisotopic (exact) mass is 966 g/mol. The quantitative estimate of drug-likeness (QED) is 0.156. The zero-order valence-electron chi connectivity index (χ0n) is 43.7. The molecule has 390 valence electrons. The number of fused-ring (bicyclic) bond motifs is 6. The number of hydrogen-bond donors (Lipinski definition) is 2. The van der Waals surface area contributed by atoms with Gasteiger partial charge in [0.1, 0.15) is 0 Å². The highest BCUT2D eigenvalue weighted by atomic mass is 16.3. The van der Waals surface area contributed by atoms with Crippen LogP contribution in [0.2, 0.25) is 0 Å². The molecule has 69 heavy (non-hydrogen) atoms. The van der Waals surface area contributed by atoms with E-state index in [4.69, 9.17) is 15.6 Å². The van der Waals surface area contributed by atoms with Crippen molar-refractivity contribution in [3.8, 4) is 0 Å². The molecular weight excluding hydrogens is 875 g/mol. The first-order valence-corrected chi connectivity index (χ1v) is 27.4. The molecule has 6 rings (SSSR count). The lowest BCUT2D eigenvalue weighted by Crippen LogP contribution is -2.52. The summed E-state index contributed by atoms with van der Waals surface area (Å²) in [6, 6.07) is -1.49. The Morgan fingerprint density at radius 3 is 1.29 bits per heavy atom. The summed E-state index contributed by atoms with van der Waals surface area (Å²) in [7, 11) is 0. The Bertz CT molecular complexity index is 1670. The molecule has 4 saturated heterocycles. The average molecular weight is 966 g/mol. The molecule has 2 saturated carbocycles. The van der Waals surface area contributed by atoms with Crippen LogP contribution in [0.15, 0.2) is 0 Å². The lowest BCUT2D eigenvalue weighted by molar-refractivity contribution is -0.144. The molecule has 0 radical (unpaired) electrons. The number of rotatable bonds is 10. The van der Waals surface area contributed by atoms with E-state index in [9.17, 15) is 38.4 Å². The van der Waals surface area contributed by atoms with Crippen molar-refractivity contribution in [2.45, 2.75) is 234 Å². The third-order valence-corrected chi connectivity index (χ3v) is 17.3. The number of carbonyl (C=O) groups is 9. The Morgan fingerprint density at radius 1 is 0.580 bits per heavy atom. The summed E-state index contributed by atoms with van der Waals surface area (Å²) >= 11 is 0. The highest BCUT2D eigenvalue weighted by Crippen LogP contribution is 2.66. The zero-order valence-corrected chi connectivity index (χ0v) is 43.7. The lowest BCUT2D eigenvalue weighted by atomic mass is 9.85. The van der Waals surface area contributed by atoms with E-state index in [1.165, 1.54) is 12.8 Å². The number of piperidine rings is 2. The van der Waals surface area contributed by atoms with Crippen LogP contribution < -0.4 is 5.73 Å². The fraction of sp³-hybridized carbons (Fsp3) is 0.839. The van der Waals surface area contributed by atoms with E-state index in [0.29, 0.717) is 57.0 Å². The SMILES string of the molecule is CCCCC(=O)C(=O)[C@@H]1CCCCCCCCC[C@H](C)C(=O)N2C[C@H]3[C@@H]([C@H]2C(=O)C1)C3(C)C.CCCCC(=O)C(=O)[C@@H]1CCCCCCCCC[C@H](N)C(=O)N2C[C@H]3[C@@H]([C@H]2C(=O)C1)C3(C)C.O=CO. The minimum absolute atomic E-state index is 0.00219. The van der Waals surface area contributed by atoms with Gasteiger partial charge in [0.05, 0.1) is 18.1 Å². The molecule has 2 aliphatic carbocycles. The largest absolute Gasteiger partial charge is 0.483 e. The minimum Gasteiger partial charge on any atom is -0.483 e. The summed E-state index contributed by atoms with van der Waals surface area (Å²) in [6.45, 7) is 15.7.